The summed E-state index contributed by atoms with van der Waals surface area (Å²) >= 11 is 3.59. The van der Waals surface area contributed by atoms with Crippen LogP contribution in [0.15, 0.2) is 65.3 Å². The van der Waals surface area contributed by atoms with Gasteiger partial charge in [0.05, 0.1) is 0 Å². The van der Waals surface area contributed by atoms with E-state index in [1.54, 1.807) is 12.1 Å². The van der Waals surface area contributed by atoms with Gasteiger partial charge in [-0.1, -0.05) is 34.1 Å². The van der Waals surface area contributed by atoms with Gasteiger partial charge in [-0.05, 0) is 61.4 Å². The monoisotopic (exact) mass is 407 g/mol. The second-order valence-corrected chi connectivity index (χ2v) is 7.23. The molecule has 0 atom stereocenters. The summed E-state index contributed by atoms with van der Waals surface area (Å²) in [6.07, 6.45) is 2.01. The molecule has 2 aromatic heterocycles. The van der Waals surface area contributed by atoms with Crippen molar-refractivity contribution in [3.63, 3.8) is 0 Å². The lowest BCUT2D eigenvalue weighted by Crippen LogP contribution is -1.97. The number of phenolic OH excluding ortho intramolecular Hbond substituents is 1. The van der Waals surface area contributed by atoms with E-state index >= 15 is 0 Å². The predicted octanol–water partition coefficient (Wildman–Crippen LogP) is 5.83. The molecule has 0 radical (unpaired) electrons. The molecule has 0 aliphatic heterocycles. The summed E-state index contributed by atoms with van der Waals surface area (Å²) in [5.41, 5.74) is 5.80. The van der Waals surface area contributed by atoms with Crippen molar-refractivity contribution in [2.45, 2.75) is 13.8 Å². The van der Waals surface area contributed by atoms with Crippen LogP contribution in [-0.4, -0.2) is 14.5 Å². The Balaban J connectivity index is 1.90. The van der Waals surface area contributed by atoms with Crippen molar-refractivity contribution >= 4 is 33.1 Å². The Hall–Kier alpha value is -2.79. The first kappa shape index (κ1) is 16.7. The van der Waals surface area contributed by atoms with Crippen LogP contribution in [0.1, 0.15) is 11.1 Å². The Labute approximate surface area is 160 Å². The number of imidazole rings is 1. The molecule has 0 bridgehead atoms. The van der Waals surface area contributed by atoms with Crippen molar-refractivity contribution in [3.05, 3.63) is 76.4 Å². The number of phenols is 1. The SMILES string of the molecule is Cc1ccn2c(Nc3ccc(C)c(Br)c3)c(-c3cccc(O)c3)nc2c1. The summed E-state index contributed by atoms with van der Waals surface area (Å²) in [4.78, 5) is 4.80. The molecule has 2 aromatic carbocycles. The fourth-order valence-electron chi connectivity index (χ4n) is 2.93. The highest BCUT2D eigenvalue weighted by Gasteiger charge is 2.15. The van der Waals surface area contributed by atoms with Crippen LogP contribution >= 0.6 is 15.9 Å². The molecule has 130 valence electrons. The number of hydrogen-bond acceptors (Lipinski definition) is 3. The predicted molar refractivity (Wildman–Crippen MR) is 109 cm³/mol. The zero-order valence-electron chi connectivity index (χ0n) is 14.5. The summed E-state index contributed by atoms with van der Waals surface area (Å²) < 4.78 is 3.08. The lowest BCUT2D eigenvalue weighted by molar-refractivity contribution is 0.475. The molecule has 4 nitrogen and oxygen atoms in total. The molecule has 0 fully saturated rings. The van der Waals surface area contributed by atoms with E-state index in [1.165, 1.54) is 5.56 Å². The third kappa shape index (κ3) is 3.06. The maximum absolute atomic E-state index is 9.88. The quantitative estimate of drug-likeness (QED) is 0.449. The molecule has 4 rings (SSSR count). The van der Waals surface area contributed by atoms with Crippen molar-refractivity contribution in [3.8, 4) is 17.0 Å². The minimum absolute atomic E-state index is 0.222. The summed E-state index contributed by atoms with van der Waals surface area (Å²) in [6, 6.07) is 17.4. The van der Waals surface area contributed by atoms with Crippen LogP contribution in [0.2, 0.25) is 0 Å². The molecule has 0 saturated carbocycles. The lowest BCUT2D eigenvalue weighted by Gasteiger charge is -2.10. The summed E-state index contributed by atoms with van der Waals surface area (Å²) in [6.45, 7) is 4.11. The highest BCUT2D eigenvalue weighted by atomic mass is 79.9. The average molecular weight is 408 g/mol. The van der Waals surface area contributed by atoms with E-state index in [4.69, 9.17) is 4.98 Å². The van der Waals surface area contributed by atoms with Gasteiger partial charge in [-0.2, -0.15) is 0 Å². The number of aryl methyl sites for hydroxylation is 2. The first-order valence-electron chi connectivity index (χ1n) is 8.32. The van der Waals surface area contributed by atoms with Gasteiger partial charge in [0.1, 0.15) is 22.9 Å². The van der Waals surface area contributed by atoms with Crippen molar-refractivity contribution in [1.29, 1.82) is 0 Å². The van der Waals surface area contributed by atoms with Crippen LogP contribution in [0.25, 0.3) is 16.9 Å². The van der Waals surface area contributed by atoms with Gasteiger partial charge < -0.3 is 10.4 Å². The van der Waals surface area contributed by atoms with E-state index in [1.807, 2.05) is 41.8 Å². The number of anilines is 2. The summed E-state index contributed by atoms with van der Waals surface area (Å²) in [5, 5.41) is 13.4. The number of nitrogens with one attached hydrogen (secondary N) is 1. The Morgan fingerprint density at radius 3 is 2.65 bits per heavy atom. The van der Waals surface area contributed by atoms with Crippen molar-refractivity contribution in [2.24, 2.45) is 0 Å². The van der Waals surface area contributed by atoms with Gasteiger partial charge in [-0.3, -0.25) is 4.40 Å². The lowest BCUT2D eigenvalue weighted by atomic mass is 10.1. The first-order chi connectivity index (χ1) is 12.5. The third-order valence-electron chi connectivity index (χ3n) is 4.34. The molecule has 0 saturated heterocycles. The number of aromatic nitrogens is 2. The highest BCUT2D eigenvalue weighted by Crippen LogP contribution is 2.33. The Morgan fingerprint density at radius 2 is 1.88 bits per heavy atom. The normalized spacial score (nSPS) is 11.0. The number of fused-ring (bicyclic) bond motifs is 1. The van der Waals surface area contributed by atoms with E-state index < -0.39 is 0 Å². The molecule has 0 amide bonds. The van der Waals surface area contributed by atoms with E-state index in [0.717, 1.165) is 38.4 Å². The summed E-state index contributed by atoms with van der Waals surface area (Å²) in [5.74, 6) is 1.08. The molecule has 0 aliphatic rings. The molecule has 0 spiro atoms. The van der Waals surface area contributed by atoms with Gasteiger partial charge in [0.25, 0.3) is 0 Å². The maximum Gasteiger partial charge on any atom is 0.143 e. The molecule has 4 aromatic rings. The van der Waals surface area contributed by atoms with Gasteiger partial charge in [-0.15, -0.1) is 0 Å². The molecule has 0 aliphatic carbocycles. The highest BCUT2D eigenvalue weighted by molar-refractivity contribution is 9.10. The van der Waals surface area contributed by atoms with Gasteiger partial charge in [0.2, 0.25) is 0 Å². The zero-order chi connectivity index (χ0) is 18.3. The first-order valence-corrected chi connectivity index (χ1v) is 9.12. The van der Waals surface area contributed by atoms with E-state index in [9.17, 15) is 5.11 Å². The van der Waals surface area contributed by atoms with E-state index in [-0.39, 0.29) is 5.75 Å². The minimum atomic E-state index is 0.222. The van der Waals surface area contributed by atoms with Crippen LogP contribution in [0, 0.1) is 13.8 Å². The van der Waals surface area contributed by atoms with Crippen LogP contribution < -0.4 is 5.32 Å². The molecule has 26 heavy (non-hydrogen) atoms. The number of rotatable bonds is 3. The molecule has 2 heterocycles. The number of nitrogens with zero attached hydrogens (tertiary/aromatic N) is 2. The smallest absolute Gasteiger partial charge is 0.143 e. The van der Waals surface area contributed by atoms with Crippen LogP contribution in [0.5, 0.6) is 5.75 Å². The topological polar surface area (TPSA) is 49.6 Å². The maximum atomic E-state index is 9.88. The average Bonchev–Trinajstić information content (AvgIpc) is 2.96. The second kappa shape index (κ2) is 6.50. The van der Waals surface area contributed by atoms with Crippen molar-refractivity contribution < 1.29 is 5.11 Å². The van der Waals surface area contributed by atoms with E-state index in [0.29, 0.717) is 0 Å². The minimum Gasteiger partial charge on any atom is -0.508 e. The number of pyridine rings is 1. The number of hydrogen-bond donors (Lipinski definition) is 2. The fraction of sp³-hybridized carbons (Fsp3) is 0.0952. The zero-order valence-corrected chi connectivity index (χ0v) is 16.1. The van der Waals surface area contributed by atoms with Crippen molar-refractivity contribution in [1.82, 2.24) is 9.38 Å². The largest absolute Gasteiger partial charge is 0.508 e. The number of halogens is 1. The van der Waals surface area contributed by atoms with Crippen LogP contribution in [0.3, 0.4) is 0 Å². The van der Waals surface area contributed by atoms with Gasteiger partial charge in [0, 0.05) is 21.9 Å². The Morgan fingerprint density at radius 1 is 1.04 bits per heavy atom. The van der Waals surface area contributed by atoms with Gasteiger partial charge >= 0.3 is 0 Å². The fourth-order valence-corrected chi connectivity index (χ4v) is 3.31. The number of aromatic hydroxyl groups is 1. The van der Waals surface area contributed by atoms with E-state index in [2.05, 4.69) is 46.4 Å². The summed E-state index contributed by atoms with van der Waals surface area (Å²) in [7, 11) is 0. The Bertz CT molecular complexity index is 1120. The standard InChI is InChI=1S/C21H18BrN3O/c1-13-8-9-25-19(10-13)24-20(15-4-3-5-17(26)11-15)21(25)23-16-7-6-14(2)18(22)12-16/h3-12,23,26H,1-2H3. The van der Waals surface area contributed by atoms with Gasteiger partial charge in [-0.25, -0.2) is 4.98 Å². The number of benzene rings is 2. The second-order valence-electron chi connectivity index (χ2n) is 6.38. The molecule has 2 N–H and O–H groups in total. The third-order valence-corrected chi connectivity index (χ3v) is 5.19. The molecular formula is C21H18BrN3O. The Kier molecular flexibility index (Phi) is 4.17. The van der Waals surface area contributed by atoms with Crippen molar-refractivity contribution in [2.75, 3.05) is 5.32 Å². The van der Waals surface area contributed by atoms with Crippen LogP contribution in [0.4, 0.5) is 11.5 Å². The van der Waals surface area contributed by atoms with Gasteiger partial charge in [0.15, 0.2) is 0 Å². The molecule has 0 unspecified atom stereocenters. The molecule has 5 heteroatoms. The van der Waals surface area contributed by atoms with Crippen LogP contribution in [-0.2, 0) is 0 Å². The molecular weight excluding hydrogens is 390 g/mol.